The molecule has 218 valence electrons. The van der Waals surface area contributed by atoms with Crippen LogP contribution in [0.1, 0.15) is 55.7 Å². The number of benzene rings is 3. The second kappa shape index (κ2) is 13.5. The maximum Gasteiger partial charge on any atom is 0.264 e. The highest BCUT2D eigenvalue weighted by molar-refractivity contribution is 7.92. The number of amides is 2. The van der Waals surface area contributed by atoms with Crippen LogP contribution in [0.2, 0.25) is 5.02 Å². The normalized spacial score (nSPS) is 14.7. The van der Waals surface area contributed by atoms with E-state index in [1.54, 1.807) is 67.6 Å². The number of anilines is 1. The molecule has 2 amide bonds. The second-order valence-electron chi connectivity index (χ2n) is 10.8. The number of rotatable bonds is 10. The van der Waals surface area contributed by atoms with E-state index in [0.717, 1.165) is 53.1 Å². The van der Waals surface area contributed by atoms with Crippen molar-refractivity contribution in [3.63, 3.8) is 0 Å². The Morgan fingerprint density at radius 1 is 0.927 bits per heavy atom. The lowest BCUT2D eigenvalue weighted by atomic mass is 9.95. The predicted octanol–water partition coefficient (Wildman–Crippen LogP) is 6.02. The lowest BCUT2D eigenvalue weighted by Crippen LogP contribution is -2.53. The Balaban J connectivity index is 1.68. The van der Waals surface area contributed by atoms with E-state index in [4.69, 9.17) is 11.6 Å². The molecule has 1 fully saturated rings. The SMILES string of the molecule is Cc1ccc(S(=O)(=O)N(CC(=O)N(Cc2cccc(Cl)c2)[C@H](C)C(=O)NC2CCCCC2)c2cccc(C)c2)cc1. The molecule has 0 radical (unpaired) electrons. The molecule has 0 unspecified atom stereocenters. The van der Waals surface area contributed by atoms with E-state index in [1.165, 1.54) is 4.90 Å². The standard InChI is InChI=1S/C32H38ClN3O4S/c1-23-15-17-30(18-16-23)41(39,40)36(29-14-7-9-24(2)19-29)22-31(37)35(21-26-10-8-11-27(33)20-26)25(3)32(38)34-28-12-5-4-6-13-28/h7-11,14-20,25,28H,4-6,12-13,21-22H2,1-3H3,(H,34,38)/t25-/m1/s1. The molecule has 0 bridgehead atoms. The van der Waals surface area contributed by atoms with E-state index in [1.807, 2.05) is 26.0 Å². The van der Waals surface area contributed by atoms with Crippen molar-refractivity contribution >= 4 is 39.1 Å². The Kier molecular flexibility index (Phi) is 10.1. The number of nitrogens with one attached hydrogen (secondary N) is 1. The third-order valence-corrected chi connectivity index (χ3v) is 9.56. The third-order valence-electron chi connectivity index (χ3n) is 7.54. The monoisotopic (exact) mass is 595 g/mol. The van der Waals surface area contributed by atoms with Crippen molar-refractivity contribution in [2.24, 2.45) is 0 Å². The van der Waals surface area contributed by atoms with E-state index in [0.29, 0.717) is 10.7 Å². The van der Waals surface area contributed by atoms with Crippen LogP contribution >= 0.6 is 11.6 Å². The van der Waals surface area contributed by atoms with Gasteiger partial charge >= 0.3 is 0 Å². The number of aryl methyl sites for hydroxylation is 2. The van der Waals surface area contributed by atoms with Crippen LogP contribution in [-0.4, -0.2) is 43.8 Å². The molecule has 0 aromatic heterocycles. The minimum atomic E-state index is -4.10. The van der Waals surface area contributed by atoms with Crippen molar-refractivity contribution < 1.29 is 18.0 Å². The van der Waals surface area contributed by atoms with Crippen LogP contribution in [-0.2, 0) is 26.2 Å². The lowest BCUT2D eigenvalue weighted by Gasteiger charge is -2.33. The van der Waals surface area contributed by atoms with Gasteiger partial charge in [-0.1, -0.05) is 72.8 Å². The van der Waals surface area contributed by atoms with Crippen molar-refractivity contribution in [1.82, 2.24) is 10.2 Å². The molecular formula is C32H38ClN3O4S. The third kappa shape index (κ3) is 7.89. The Hall–Kier alpha value is -3.36. The van der Waals surface area contributed by atoms with Crippen LogP contribution in [0.5, 0.6) is 0 Å². The van der Waals surface area contributed by atoms with E-state index >= 15 is 0 Å². The second-order valence-corrected chi connectivity index (χ2v) is 13.1. The molecule has 4 rings (SSSR count). The number of hydrogen-bond acceptors (Lipinski definition) is 4. The summed E-state index contributed by atoms with van der Waals surface area (Å²) in [4.78, 5) is 29.0. The van der Waals surface area contributed by atoms with E-state index in [2.05, 4.69) is 5.32 Å². The first-order valence-electron chi connectivity index (χ1n) is 14.0. The summed E-state index contributed by atoms with van der Waals surface area (Å²) in [5.41, 5.74) is 2.90. The highest BCUT2D eigenvalue weighted by Gasteiger charge is 2.33. The van der Waals surface area contributed by atoms with Crippen molar-refractivity contribution in [2.45, 2.75) is 76.4 Å². The fourth-order valence-corrected chi connectivity index (χ4v) is 6.75. The molecule has 0 heterocycles. The zero-order valence-electron chi connectivity index (χ0n) is 23.8. The number of sulfonamides is 1. The van der Waals surface area contributed by atoms with Crippen molar-refractivity contribution in [1.29, 1.82) is 0 Å². The van der Waals surface area contributed by atoms with Crippen molar-refractivity contribution in [3.8, 4) is 0 Å². The molecule has 0 aliphatic heterocycles. The van der Waals surface area contributed by atoms with Gasteiger partial charge in [0.05, 0.1) is 10.6 Å². The molecule has 3 aromatic rings. The average molecular weight is 596 g/mol. The first-order chi connectivity index (χ1) is 19.5. The van der Waals surface area contributed by atoms with Crippen molar-refractivity contribution in [2.75, 3.05) is 10.8 Å². The minimum Gasteiger partial charge on any atom is -0.352 e. The quantitative estimate of drug-likeness (QED) is 0.311. The summed E-state index contributed by atoms with van der Waals surface area (Å²) in [6.07, 6.45) is 5.11. The molecular weight excluding hydrogens is 558 g/mol. The highest BCUT2D eigenvalue weighted by atomic mass is 35.5. The van der Waals surface area contributed by atoms with Gasteiger partial charge in [0.1, 0.15) is 12.6 Å². The van der Waals surface area contributed by atoms with E-state index in [9.17, 15) is 18.0 Å². The molecule has 0 saturated heterocycles. The number of nitrogens with zero attached hydrogens (tertiary/aromatic N) is 2. The number of carbonyl (C=O) groups excluding carboxylic acids is 2. The Morgan fingerprint density at radius 2 is 1.61 bits per heavy atom. The fraction of sp³-hybridized carbons (Fsp3) is 0.375. The van der Waals surface area contributed by atoms with Crippen LogP contribution in [0.4, 0.5) is 5.69 Å². The van der Waals surface area contributed by atoms with Gasteiger partial charge in [0.25, 0.3) is 10.0 Å². The number of carbonyl (C=O) groups is 2. The maximum atomic E-state index is 14.1. The zero-order chi connectivity index (χ0) is 29.6. The highest BCUT2D eigenvalue weighted by Crippen LogP contribution is 2.26. The summed E-state index contributed by atoms with van der Waals surface area (Å²) in [6.45, 7) is 5.06. The molecule has 1 aliphatic rings. The predicted molar refractivity (Wildman–Crippen MR) is 163 cm³/mol. The summed E-state index contributed by atoms with van der Waals surface area (Å²) in [5.74, 6) is -0.746. The summed E-state index contributed by atoms with van der Waals surface area (Å²) >= 11 is 6.23. The maximum absolute atomic E-state index is 14.1. The summed E-state index contributed by atoms with van der Waals surface area (Å²) < 4.78 is 29.0. The van der Waals surface area contributed by atoms with Crippen LogP contribution < -0.4 is 9.62 Å². The summed E-state index contributed by atoms with van der Waals surface area (Å²) in [7, 11) is -4.10. The largest absolute Gasteiger partial charge is 0.352 e. The molecule has 0 spiro atoms. The molecule has 1 aliphatic carbocycles. The zero-order valence-corrected chi connectivity index (χ0v) is 25.4. The van der Waals surface area contributed by atoms with Gasteiger partial charge in [0.15, 0.2) is 0 Å². The molecule has 1 saturated carbocycles. The smallest absolute Gasteiger partial charge is 0.264 e. The fourth-order valence-electron chi connectivity index (χ4n) is 5.13. The molecule has 1 atom stereocenters. The van der Waals surface area contributed by atoms with Gasteiger partial charge in [-0.15, -0.1) is 0 Å². The Labute approximate surface area is 248 Å². The van der Waals surface area contributed by atoms with Gasteiger partial charge in [0.2, 0.25) is 11.8 Å². The molecule has 9 heteroatoms. The molecule has 41 heavy (non-hydrogen) atoms. The topological polar surface area (TPSA) is 86.8 Å². The number of hydrogen-bond donors (Lipinski definition) is 1. The van der Waals surface area contributed by atoms with Gasteiger partial charge in [0, 0.05) is 17.6 Å². The average Bonchev–Trinajstić information content (AvgIpc) is 2.95. The van der Waals surface area contributed by atoms with Crippen LogP contribution in [0, 0.1) is 13.8 Å². The Morgan fingerprint density at radius 3 is 2.27 bits per heavy atom. The first kappa shape index (κ1) is 30.6. The van der Waals surface area contributed by atoms with Crippen LogP contribution in [0.3, 0.4) is 0 Å². The van der Waals surface area contributed by atoms with Crippen LogP contribution in [0.25, 0.3) is 0 Å². The van der Waals surface area contributed by atoms with E-state index in [-0.39, 0.29) is 23.4 Å². The minimum absolute atomic E-state index is 0.0764. The summed E-state index contributed by atoms with van der Waals surface area (Å²) in [6, 6.07) is 19.9. The molecule has 1 N–H and O–H groups in total. The molecule has 3 aromatic carbocycles. The number of halogens is 1. The van der Waals surface area contributed by atoms with Gasteiger partial charge in [-0.25, -0.2) is 8.42 Å². The van der Waals surface area contributed by atoms with E-state index < -0.39 is 28.5 Å². The van der Waals surface area contributed by atoms with Gasteiger partial charge in [-0.3, -0.25) is 13.9 Å². The van der Waals surface area contributed by atoms with Crippen molar-refractivity contribution in [3.05, 3.63) is 94.5 Å². The van der Waals surface area contributed by atoms with Gasteiger partial charge < -0.3 is 10.2 Å². The summed E-state index contributed by atoms with van der Waals surface area (Å²) in [5, 5.41) is 3.63. The first-order valence-corrected chi connectivity index (χ1v) is 15.9. The van der Waals surface area contributed by atoms with Crippen LogP contribution in [0.15, 0.2) is 77.7 Å². The van der Waals surface area contributed by atoms with Gasteiger partial charge in [-0.2, -0.15) is 0 Å². The lowest BCUT2D eigenvalue weighted by molar-refractivity contribution is -0.139. The Bertz CT molecular complexity index is 1470. The molecule has 7 nitrogen and oxygen atoms in total. The van der Waals surface area contributed by atoms with Gasteiger partial charge in [-0.05, 0) is 81.1 Å².